The van der Waals surface area contributed by atoms with Gasteiger partial charge in [0.2, 0.25) is 5.91 Å². The van der Waals surface area contributed by atoms with Crippen molar-refractivity contribution < 1.29 is 23.0 Å². The average molecular weight is 445 g/mol. The summed E-state index contributed by atoms with van der Waals surface area (Å²) in [6.07, 6.45) is 1.66. The van der Waals surface area contributed by atoms with Crippen molar-refractivity contribution in [1.29, 1.82) is 0 Å². The highest BCUT2D eigenvalue weighted by Crippen LogP contribution is 2.32. The number of halogens is 2. The van der Waals surface area contributed by atoms with Gasteiger partial charge in [-0.15, -0.1) is 0 Å². The molecular weight excluding hydrogens is 420 g/mol. The molecule has 1 atom stereocenters. The molecule has 2 aromatic carbocycles. The van der Waals surface area contributed by atoms with Crippen LogP contribution in [-0.2, 0) is 16.1 Å². The normalized spacial score (nSPS) is 15.7. The maximum absolute atomic E-state index is 13.5. The SMILES string of the molecule is C[C@H](NNCc1nc2ccc(Oc3ccc(F)c(F)c3)cc2n1C1CCOCC1)C(N)=O. The van der Waals surface area contributed by atoms with E-state index in [4.69, 9.17) is 20.2 Å². The third-order valence-corrected chi connectivity index (χ3v) is 5.41. The van der Waals surface area contributed by atoms with Crippen LogP contribution in [0.5, 0.6) is 11.5 Å². The number of nitrogens with one attached hydrogen (secondary N) is 2. The first-order valence-electron chi connectivity index (χ1n) is 10.4. The number of hydrogen-bond donors (Lipinski definition) is 3. The lowest BCUT2D eigenvalue weighted by Crippen LogP contribution is -2.46. The number of carbonyl (C=O) groups is 1. The lowest BCUT2D eigenvalue weighted by molar-refractivity contribution is -0.119. The molecule has 4 rings (SSSR count). The zero-order valence-corrected chi connectivity index (χ0v) is 17.6. The molecule has 1 saturated heterocycles. The highest BCUT2D eigenvalue weighted by atomic mass is 19.2. The monoisotopic (exact) mass is 445 g/mol. The van der Waals surface area contributed by atoms with Gasteiger partial charge in [0.15, 0.2) is 11.6 Å². The molecule has 4 N–H and O–H groups in total. The van der Waals surface area contributed by atoms with Crippen molar-refractivity contribution in [1.82, 2.24) is 20.4 Å². The molecule has 32 heavy (non-hydrogen) atoms. The summed E-state index contributed by atoms with van der Waals surface area (Å²) >= 11 is 0. The van der Waals surface area contributed by atoms with Crippen LogP contribution in [0.1, 0.15) is 31.6 Å². The Morgan fingerprint density at radius 3 is 2.66 bits per heavy atom. The Balaban J connectivity index is 1.63. The van der Waals surface area contributed by atoms with Gasteiger partial charge in [-0.25, -0.2) is 24.6 Å². The van der Waals surface area contributed by atoms with E-state index in [-0.39, 0.29) is 11.8 Å². The van der Waals surface area contributed by atoms with Gasteiger partial charge in [-0.2, -0.15) is 0 Å². The molecular formula is C22H25F2N5O3. The molecule has 1 aliphatic rings. The number of benzene rings is 2. The number of primary amides is 1. The minimum atomic E-state index is -0.970. The van der Waals surface area contributed by atoms with Crippen molar-refractivity contribution in [3.05, 3.63) is 53.9 Å². The number of nitrogens with zero attached hydrogens (tertiary/aromatic N) is 2. The smallest absolute Gasteiger partial charge is 0.235 e. The number of imidazole rings is 1. The number of rotatable bonds is 8. The lowest BCUT2D eigenvalue weighted by atomic mass is 10.1. The molecule has 10 heteroatoms. The van der Waals surface area contributed by atoms with Gasteiger partial charge in [-0.3, -0.25) is 4.79 Å². The first-order valence-corrected chi connectivity index (χ1v) is 10.4. The summed E-state index contributed by atoms with van der Waals surface area (Å²) in [6.45, 7) is 3.33. The fourth-order valence-corrected chi connectivity index (χ4v) is 3.69. The summed E-state index contributed by atoms with van der Waals surface area (Å²) in [6, 6.07) is 8.44. The Kier molecular flexibility index (Phi) is 6.63. The highest BCUT2D eigenvalue weighted by molar-refractivity contribution is 5.79. The van der Waals surface area contributed by atoms with Crippen LogP contribution in [0.3, 0.4) is 0 Å². The zero-order valence-electron chi connectivity index (χ0n) is 17.6. The van der Waals surface area contributed by atoms with Crippen LogP contribution >= 0.6 is 0 Å². The predicted molar refractivity (Wildman–Crippen MR) is 114 cm³/mol. The zero-order chi connectivity index (χ0) is 22.7. The topological polar surface area (TPSA) is 103 Å². The first kappa shape index (κ1) is 22.1. The van der Waals surface area contributed by atoms with Crippen molar-refractivity contribution in [3.8, 4) is 11.5 Å². The quantitative estimate of drug-likeness (QED) is 0.461. The molecule has 1 fully saturated rings. The standard InChI is InChI=1S/C22H25F2N5O3/c1-13(22(25)30)28-26-12-21-27-19-5-3-16(32-15-2-4-17(23)18(24)10-15)11-20(19)29(21)14-6-8-31-9-7-14/h2-5,10-11,13-14,26,28H,6-9,12H2,1H3,(H2,25,30)/t13-/m0/s1. The van der Waals surface area contributed by atoms with E-state index in [1.54, 1.807) is 13.0 Å². The van der Waals surface area contributed by atoms with E-state index < -0.39 is 23.6 Å². The largest absolute Gasteiger partial charge is 0.457 e. The summed E-state index contributed by atoms with van der Waals surface area (Å²) in [7, 11) is 0. The minimum absolute atomic E-state index is 0.178. The van der Waals surface area contributed by atoms with E-state index in [9.17, 15) is 13.6 Å². The Morgan fingerprint density at radius 1 is 1.22 bits per heavy atom. The van der Waals surface area contributed by atoms with Crippen molar-refractivity contribution in [2.45, 2.75) is 38.4 Å². The molecule has 0 saturated carbocycles. The van der Waals surface area contributed by atoms with E-state index in [1.807, 2.05) is 12.1 Å². The summed E-state index contributed by atoms with van der Waals surface area (Å²) in [5, 5.41) is 0. The van der Waals surface area contributed by atoms with Crippen LogP contribution in [0, 0.1) is 11.6 Å². The number of ether oxygens (including phenoxy) is 2. The summed E-state index contributed by atoms with van der Waals surface area (Å²) in [5.74, 6) is -0.900. The molecule has 170 valence electrons. The average Bonchev–Trinajstić information content (AvgIpc) is 3.14. The van der Waals surface area contributed by atoms with E-state index in [1.165, 1.54) is 6.07 Å². The molecule has 2 heterocycles. The minimum Gasteiger partial charge on any atom is -0.457 e. The van der Waals surface area contributed by atoms with Crippen LogP contribution in [0.2, 0.25) is 0 Å². The predicted octanol–water partition coefficient (Wildman–Crippen LogP) is 2.93. The molecule has 0 aliphatic carbocycles. The van der Waals surface area contributed by atoms with Crippen LogP contribution in [0.15, 0.2) is 36.4 Å². The first-order chi connectivity index (χ1) is 15.4. The molecule has 0 bridgehead atoms. The molecule has 0 radical (unpaired) electrons. The van der Waals surface area contributed by atoms with Crippen LogP contribution in [-0.4, -0.2) is 34.7 Å². The van der Waals surface area contributed by atoms with Crippen molar-refractivity contribution in [3.63, 3.8) is 0 Å². The molecule has 3 aromatic rings. The molecule has 0 spiro atoms. The van der Waals surface area contributed by atoms with Crippen molar-refractivity contribution >= 4 is 16.9 Å². The Morgan fingerprint density at radius 2 is 1.94 bits per heavy atom. The summed E-state index contributed by atoms with van der Waals surface area (Å²) in [4.78, 5) is 16.0. The second-order valence-electron chi connectivity index (χ2n) is 7.69. The number of carbonyl (C=O) groups excluding carboxylic acids is 1. The Labute approximate surface area is 183 Å². The fourth-order valence-electron chi connectivity index (χ4n) is 3.69. The van der Waals surface area contributed by atoms with Crippen LogP contribution in [0.4, 0.5) is 8.78 Å². The van der Waals surface area contributed by atoms with Gasteiger partial charge in [0, 0.05) is 31.4 Å². The second-order valence-corrected chi connectivity index (χ2v) is 7.69. The molecule has 1 aromatic heterocycles. The number of hydrazine groups is 1. The summed E-state index contributed by atoms with van der Waals surface area (Å²) in [5.41, 5.74) is 12.8. The van der Waals surface area contributed by atoms with E-state index >= 15 is 0 Å². The van der Waals surface area contributed by atoms with Crippen LogP contribution < -0.4 is 21.3 Å². The molecule has 1 amide bonds. The van der Waals surface area contributed by atoms with Gasteiger partial charge in [0.1, 0.15) is 17.3 Å². The molecule has 0 unspecified atom stereocenters. The van der Waals surface area contributed by atoms with Crippen molar-refractivity contribution in [2.24, 2.45) is 5.73 Å². The maximum Gasteiger partial charge on any atom is 0.235 e. The number of nitrogens with two attached hydrogens (primary N) is 1. The number of hydrogen-bond acceptors (Lipinski definition) is 6. The third-order valence-electron chi connectivity index (χ3n) is 5.41. The van der Waals surface area contributed by atoms with Gasteiger partial charge in [0.05, 0.1) is 23.6 Å². The van der Waals surface area contributed by atoms with Gasteiger partial charge in [0.25, 0.3) is 0 Å². The van der Waals surface area contributed by atoms with Gasteiger partial charge >= 0.3 is 0 Å². The maximum atomic E-state index is 13.5. The number of aromatic nitrogens is 2. The van der Waals surface area contributed by atoms with Gasteiger partial charge in [-0.05, 0) is 44.0 Å². The second kappa shape index (κ2) is 9.60. The number of amides is 1. The van der Waals surface area contributed by atoms with E-state index in [0.717, 1.165) is 41.8 Å². The Hall–Kier alpha value is -3.08. The highest BCUT2D eigenvalue weighted by Gasteiger charge is 2.22. The van der Waals surface area contributed by atoms with E-state index in [2.05, 4.69) is 15.4 Å². The molecule has 8 nitrogen and oxygen atoms in total. The van der Waals surface area contributed by atoms with Gasteiger partial charge < -0.3 is 19.8 Å². The third kappa shape index (κ3) is 4.87. The van der Waals surface area contributed by atoms with Crippen molar-refractivity contribution in [2.75, 3.05) is 13.2 Å². The lowest BCUT2D eigenvalue weighted by Gasteiger charge is -2.26. The fraction of sp³-hybridized carbons (Fsp3) is 0.364. The van der Waals surface area contributed by atoms with Gasteiger partial charge in [-0.1, -0.05) is 0 Å². The van der Waals surface area contributed by atoms with Crippen LogP contribution in [0.25, 0.3) is 11.0 Å². The van der Waals surface area contributed by atoms with E-state index in [0.29, 0.717) is 25.5 Å². The molecule has 1 aliphatic heterocycles. The summed E-state index contributed by atoms with van der Waals surface area (Å²) < 4.78 is 40.2. The Bertz CT molecular complexity index is 1110. The number of fused-ring (bicyclic) bond motifs is 1.